The average molecular weight is 384 g/mol. The lowest BCUT2D eigenvalue weighted by Gasteiger charge is -2.17. The van der Waals surface area contributed by atoms with Gasteiger partial charge in [0.1, 0.15) is 11.4 Å². The summed E-state index contributed by atoms with van der Waals surface area (Å²) >= 11 is 0. The highest BCUT2D eigenvalue weighted by atomic mass is 16.5. The Morgan fingerprint density at radius 3 is 2.28 bits per heavy atom. The molecule has 2 amide bonds. The van der Waals surface area contributed by atoms with Gasteiger partial charge in [-0.15, -0.1) is 0 Å². The first-order valence-corrected chi connectivity index (χ1v) is 9.25. The van der Waals surface area contributed by atoms with Gasteiger partial charge in [-0.1, -0.05) is 54.6 Å². The second kappa shape index (κ2) is 7.64. The minimum Gasteiger partial charge on any atom is -0.497 e. The van der Waals surface area contributed by atoms with Crippen LogP contribution in [-0.2, 0) is 9.59 Å². The number of carbonyl (C=O) groups excluding carboxylic acids is 2. The largest absolute Gasteiger partial charge is 0.497 e. The van der Waals surface area contributed by atoms with E-state index >= 15 is 0 Å². The van der Waals surface area contributed by atoms with E-state index in [-0.39, 0.29) is 17.5 Å². The lowest BCUT2D eigenvalue weighted by atomic mass is 10.0. The molecule has 0 saturated carbocycles. The summed E-state index contributed by atoms with van der Waals surface area (Å²) in [4.78, 5) is 28.0. The molecule has 0 spiro atoms. The highest BCUT2D eigenvalue weighted by Crippen LogP contribution is 2.35. The number of hydrogen-bond donors (Lipinski definition) is 1. The van der Waals surface area contributed by atoms with Crippen molar-refractivity contribution in [3.63, 3.8) is 0 Å². The van der Waals surface area contributed by atoms with Gasteiger partial charge in [0.05, 0.1) is 18.4 Å². The summed E-state index contributed by atoms with van der Waals surface area (Å²) in [6, 6.07) is 23.8. The Balaban J connectivity index is 1.83. The molecule has 3 aromatic carbocycles. The maximum Gasteiger partial charge on any atom is 0.282 e. The van der Waals surface area contributed by atoms with Crippen LogP contribution < -0.4 is 15.0 Å². The Morgan fingerprint density at radius 2 is 1.55 bits per heavy atom. The summed E-state index contributed by atoms with van der Waals surface area (Å²) in [6.07, 6.45) is 0. The fraction of sp³-hybridized carbons (Fsp3) is 0.0833. The van der Waals surface area contributed by atoms with E-state index in [4.69, 9.17) is 4.74 Å². The van der Waals surface area contributed by atoms with E-state index in [2.05, 4.69) is 5.32 Å². The van der Waals surface area contributed by atoms with E-state index in [9.17, 15) is 9.59 Å². The summed E-state index contributed by atoms with van der Waals surface area (Å²) in [5.41, 5.74) is 3.38. The molecule has 5 heteroatoms. The summed E-state index contributed by atoms with van der Waals surface area (Å²) in [7, 11) is 1.58. The smallest absolute Gasteiger partial charge is 0.282 e. The zero-order chi connectivity index (χ0) is 20.4. The van der Waals surface area contributed by atoms with Crippen molar-refractivity contribution in [3.8, 4) is 5.75 Å². The van der Waals surface area contributed by atoms with E-state index in [1.165, 1.54) is 4.90 Å². The highest BCUT2D eigenvalue weighted by Gasteiger charge is 2.40. The molecule has 144 valence electrons. The normalized spacial score (nSPS) is 13.8. The zero-order valence-electron chi connectivity index (χ0n) is 16.2. The van der Waals surface area contributed by atoms with Crippen LogP contribution in [0.15, 0.2) is 84.6 Å². The van der Waals surface area contributed by atoms with Gasteiger partial charge >= 0.3 is 0 Å². The number of ether oxygens (including phenoxy) is 1. The van der Waals surface area contributed by atoms with Gasteiger partial charge < -0.3 is 10.1 Å². The van der Waals surface area contributed by atoms with E-state index in [1.54, 1.807) is 19.2 Å². The second-order valence-corrected chi connectivity index (χ2v) is 6.71. The van der Waals surface area contributed by atoms with E-state index in [1.807, 2.05) is 73.7 Å². The van der Waals surface area contributed by atoms with Crippen LogP contribution in [0.2, 0.25) is 0 Å². The Morgan fingerprint density at radius 1 is 0.828 bits per heavy atom. The fourth-order valence-corrected chi connectivity index (χ4v) is 3.40. The first-order chi connectivity index (χ1) is 14.1. The third-order valence-electron chi connectivity index (χ3n) is 4.84. The number of imide groups is 1. The molecule has 1 aliphatic rings. The number of nitrogens with one attached hydrogen (secondary N) is 1. The molecule has 1 N–H and O–H groups in total. The van der Waals surface area contributed by atoms with Crippen LogP contribution >= 0.6 is 0 Å². The van der Waals surface area contributed by atoms with E-state index < -0.39 is 0 Å². The molecule has 1 aliphatic heterocycles. The van der Waals surface area contributed by atoms with Crippen LogP contribution in [0.4, 0.5) is 11.4 Å². The molecule has 0 atom stereocenters. The molecule has 0 fully saturated rings. The lowest BCUT2D eigenvalue weighted by molar-refractivity contribution is -0.120. The molecule has 3 aromatic rings. The number of hydrogen-bond acceptors (Lipinski definition) is 4. The minimum atomic E-state index is -0.383. The summed E-state index contributed by atoms with van der Waals surface area (Å²) in [6.45, 7) is 1.88. The van der Waals surface area contributed by atoms with Crippen LogP contribution in [0, 0.1) is 6.92 Å². The van der Waals surface area contributed by atoms with Crippen LogP contribution in [0.25, 0.3) is 5.57 Å². The number of amides is 2. The molecule has 0 aliphatic carbocycles. The Bertz CT molecular complexity index is 1120. The van der Waals surface area contributed by atoms with E-state index in [0.29, 0.717) is 28.3 Å². The minimum absolute atomic E-state index is 0.248. The first kappa shape index (κ1) is 18.5. The summed E-state index contributed by atoms with van der Waals surface area (Å²) < 4.78 is 5.27. The van der Waals surface area contributed by atoms with Gasteiger partial charge in [0, 0.05) is 11.8 Å². The molecule has 0 radical (unpaired) electrons. The van der Waals surface area contributed by atoms with Gasteiger partial charge in [0.25, 0.3) is 11.8 Å². The predicted octanol–water partition coefficient (Wildman–Crippen LogP) is 4.40. The van der Waals surface area contributed by atoms with Crippen molar-refractivity contribution in [2.45, 2.75) is 6.92 Å². The van der Waals surface area contributed by atoms with Crippen molar-refractivity contribution in [1.29, 1.82) is 0 Å². The fourth-order valence-electron chi connectivity index (χ4n) is 3.40. The Hall–Kier alpha value is -3.86. The number of carbonyl (C=O) groups is 2. The number of anilines is 2. The molecular formula is C24H20N2O3. The molecule has 0 bridgehead atoms. The third-order valence-corrected chi connectivity index (χ3v) is 4.84. The monoisotopic (exact) mass is 384 g/mol. The van der Waals surface area contributed by atoms with Gasteiger partial charge in [-0.2, -0.15) is 0 Å². The Kier molecular flexibility index (Phi) is 4.87. The van der Waals surface area contributed by atoms with Crippen LogP contribution in [0.1, 0.15) is 11.1 Å². The van der Waals surface area contributed by atoms with E-state index in [0.717, 1.165) is 5.56 Å². The van der Waals surface area contributed by atoms with Crippen molar-refractivity contribution in [2.24, 2.45) is 0 Å². The van der Waals surface area contributed by atoms with Gasteiger partial charge in [-0.05, 0) is 36.2 Å². The topological polar surface area (TPSA) is 58.6 Å². The maximum atomic E-state index is 13.4. The summed E-state index contributed by atoms with van der Waals surface area (Å²) in [5, 5.41) is 3.15. The number of aryl methyl sites for hydroxylation is 1. The van der Waals surface area contributed by atoms with Crippen molar-refractivity contribution in [3.05, 3.63) is 95.7 Å². The number of rotatable bonds is 5. The average Bonchev–Trinajstić information content (AvgIpc) is 2.99. The van der Waals surface area contributed by atoms with Crippen molar-refractivity contribution < 1.29 is 14.3 Å². The molecule has 0 aromatic heterocycles. The molecule has 5 nitrogen and oxygen atoms in total. The molecule has 4 rings (SSSR count). The zero-order valence-corrected chi connectivity index (χ0v) is 16.2. The second-order valence-electron chi connectivity index (χ2n) is 6.71. The SMILES string of the molecule is COc1cccc(NC2=C(c3ccccc3)C(=O)N(c3ccccc3C)C2=O)c1. The number of benzene rings is 3. The molecule has 0 saturated heterocycles. The predicted molar refractivity (Wildman–Crippen MR) is 114 cm³/mol. The number of nitrogens with zero attached hydrogens (tertiary/aromatic N) is 1. The molecule has 29 heavy (non-hydrogen) atoms. The van der Waals surface area contributed by atoms with Crippen LogP contribution in [0.3, 0.4) is 0 Å². The molecular weight excluding hydrogens is 364 g/mol. The summed E-state index contributed by atoms with van der Waals surface area (Å²) in [5.74, 6) is -0.0729. The quantitative estimate of drug-likeness (QED) is 0.663. The van der Waals surface area contributed by atoms with Crippen molar-refractivity contribution in [2.75, 3.05) is 17.3 Å². The highest BCUT2D eigenvalue weighted by molar-refractivity contribution is 6.46. The van der Waals surface area contributed by atoms with Gasteiger partial charge in [0.2, 0.25) is 0 Å². The van der Waals surface area contributed by atoms with Crippen molar-refractivity contribution in [1.82, 2.24) is 0 Å². The van der Waals surface area contributed by atoms with Crippen molar-refractivity contribution >= 4 is 28.8 Å². The lowest BCUT2D eigenvalue weighted by Crippen LogP contribution is -2.33. The number of methoxy groups -OCH3 is 1. The molecule has 0 unspecified atom stereocenters. The number of para-hydroxylation sites is 1. The maximum absolute atomic E-state index is 13.4. The Labute approximate surface area is 169 Å². The van der Waals surface area contributed by atoms with Crippen LogP contribution in [-0.4, -0.2) is 18.9 Å². The van der Waals surface area contributed by atoms with Gasteiger partial charge in [0.15, 0.2) is 0 Å². The standard InChI is InChI=1S/C24H20N2O3/c1-16-9-6-7-14-20(16)26-23(27)21(17-10-4-3-5-11-17)22(24(26)28)25-18-12-8-13-19(15-18)29-2/h3-15,25H,1-2H3. The van der Waals surface area contributed by atoms with Gasteiger partial charge in [-0.25, -0.2) is 4.90 Å². The molecule has 1 heterocycles. The van der Waals surface area contributed by atoms with Crippen LogP contribution in [0.5, 0.6) is 5.75 Å². The van der Waals surface area contributed by atoms with Gasteiger partial charge in [-0.3, -0.25) is 9.59 Å². The third kappa shape index (κ3) is 3.38. The first-order valence-electron chi connectivity index (χ1n) is 9.25.